The molecule has 0 aromatic heterocycles. The van der Waals surface area contributed by atoms with Crippen molar-refractivity contribution < 1.29 is 12.8 Å². The van der Waals surface area contributed by atoms with Gasteiger partial charge in [-0.15, -0.1) is 0 Å². The van der Waals surface area contributed by atoms with Gasteiger partial charge in [0.15, 0.2) is 0 Å². The van der Waals surface area contributed by atoms with Crippen LogP contribution in [-0.4, -0.2) is 45.2 Å². The van der Waals surface area contributed by atoms with Crippen LogP contribution in [0.15, 0.2) is 18.2 Å². The van der Waals surface area contributed by atoms with Gasteiger partial charge in [-0.2, -0.15) is 4.31 Å². The summed E-state index contributed by atoms with van der Waals surface area (Å²) in [4.78, 5) is 1.99. The highest BCUT2D eigenvalue weighted by Crippen LogP contribution is 2.28. The molecule has 0 unspecified atom stereocenters. The average molecular weight is 301 g/mol. The Balaban J connectivity index is 2.21. The zero-order chi connectivity index (χ0) is 14.9. The Morgan fingerprint density at radius 2 is 1.85 bits per heavy atom. The lowest BCUT2D eigenvalue weighted by Crippen LogP contribution is -2.48. The number of hydrogen-bond acceptors (Lipinski definition) is 4. The molecule has 5 nitrogen and oxygen atoms in total. The largest absolute Gasteiger partial charge is 0.369 e. The molecular formula is C13H20FN3O2S. The summed E-state index contributed by atoms with van der Waals surface area (Å²) < 4.78 is 38.3. The topological polar surface area (TPSA) is 66.6 Å². The van der Waals surface area contributed by atoms with Crippen LogP contribution in [0.1, 0.15) is 18.5 Å². The molecular weight excluding hydrogens is 281 g/mol. The number of hydrogen-bond donors (Lipinski definition) is 1. The van der Waals surface area contributed by atoms with Crippen LogP contribution in [0.25, 0.3) is 0 Å². The quantitative estimate of drug-likeness (QED) is 0.902. The van der Waals surface area contributed by atoms with Crippen LogP contribution < -0.4 is 10.6 Å². The Morgan fingerprint density at radius 1 is 1.25 bits per heavy atom. The first kappa shape index (κ1) is 15.2. The molecule has 1 fully saturated rings. The van der Waals surface area contributed by atoms with Gasteiger partial charge in [0.1, 0.15) is 5.82 Å². The highest BCUT2D eigenvalue weighted by atomic mass is 32.2. The van der Waals surface area contributed by atoms with Crippen LogP contribution in [0.2, 0.25) is 0 Å². The van der Waals surface area contributed by atoms with Gasteiger partial charge < -0.3 is 10.6 Å². The Labute approximate surface area is 119 Å². The van der Waals surface area contributed by atoms with Crippen molar-refractivity contribution in [3.05, 3.63) is 29.6 Å². The van der Waals surface area contributed by atoms with Crippen molar-refractivity contribution in [2.45, 2.75) is 13.0 Å². The minimum absolute atomic E-state index is 0.317. The van der Waals surface area contributed by atoms with Gasteiger partial charge in [-0.05, 0) is 19.1 Å². The fraction of sp³-hybridized carbons (Fsp3) is 0.538. The predicted molar refractivity (Wildman–Crippen MR) is 77.6 cm³/mol. The molecule has 0 spiro atoms. The molecule has 112 valence electrons. The molecule has 2 N–H and O–H groups in total. The Kier molecular flexibility index (Phi) is 4.31. The smallest absolute Gasteiger partial charge is 0.211 e. The summed E-state index contributed by atoms with van der Waals surface area (Å²) in [5.41, 5.74) is 7.09. The summed E-state index contributed by atoms with van der Waals surface area (Å²) in [5, 5.41) is 0. The van der Waals surface area contributed by atoms with Crippen molar-refractivity contribution in [1.29, 1.82) is 0 Å². The summed E-state index contributed by atoms with van der Waals surface area (Å²) in [5.74, 6) is -0.317. The lowest BCUT2D eigenvalue weighted by molar-refractivity contribution is 0.387. The molecule has 1 aliphatic heterocycles. The maximum absolute atomic E-state index is 13.9. The Hall–Kier alpha value is -1.18. The molecule has 1 aromatic rings. The highest BCUT2D eigenvalue weighted by Gasteiger charge is 2.25. The number of nitrogens with zero attached hydrogens (tertiary/aromatic N) is 2. The summed E-state index contributed by atoms with van der Waals surface area (Å²) in [6.45, 7) is 3.64. The van der Waals surface area contributed by atoms with E-state index in [4.69, 9.17) is 5.73 Å². The van der Waals surface area contributed by atoms with Gasteiger partial charge in [-0.1, -0.05) is 6.07 Å². The second-order valence-corrected chi connectivity index (χ2v) is 7.09. The zero-order valence-electron chi connectivity index (χ0n) is 11.7. The van der Waals surface area contributed by atoms with Crippen molar-refractivity contribution >= 4 is 15.7 Å². The van der Waals surface area contributed by atoms with Crippen LogP contribution in [0.3, 0.4) is 0 Å². The second-order valence-electron chi connectivity index (χ2n) is 5.11. The third-order valence-electron chi connectivity index (χ3n) is 3.53. The van der Waals surface area contributed by atoms with Gasteiger partial charge in [0.2, 0.25) is 10.0 Å². The predicted octanol–water partition coefficient (Wildman–Crippen LogP) is 0.927. The average Bonchev–Trinajstić information content (AvgIpc) is 2.37. The highest BCUT2D eigenvalue weighted by molar-refractivity contribution is 7.88. The Morgan fingerprint density at radius 3 is 2.35 bits per heavy atom. The number of nitrogens with two attached hydrogens (primary N) is 1. The van der Waals surface area contributed by atoms with Crippen molar-refractivity contribution in [2.75, 3.05) is 37.3 Å². The van der Waals surface area contributed by atoms with E-state index in [1.807, 2.05) is 11.0 Å². The molecule has 1 aliphatic rings. The first-order valence-electron chi connectivity index (χ1n) is 6.55. The third kappa shape index (κ3) is 3.11. The molecule has 0 radical (unpaired) electrons. The van der Waals surface area contributed by atoms with E-state index in [-0.39, 0.29) is 5.82 Å². The van der Waals surface area contributed by atoms with E-state index in [0.29, 0.717) is 31.7 Å². The van der Waals surface area contributed by atoms with Gasteiger partial charge >= 0.3 is 0 Å². The summed E-state index contributed by atoms with van der Waals surface area (Å²) in [6, 6.07) is 4.48. The fourth-order valence-corrected chi connectivity index (χ4v) is 3.34. The molecule has 0 bridgehead atoms. The molecule has 1 heterocycles. The summed E-state index contributed by atoms with van der Waals surface area (Å²) >= 11 is 0. The van der Waals surface area contributed by atoms with Crippen LogP contribution in [0, 0.1) is 5.82 Å². The minimum atomic E-state index is -3.16. The zero-order valence-corrected chi connectivity index (χ0v) is 12.5. The van der Waals surface area contributed by atoms with Crippen molar-refractivity contribution in [3.8, 4) is 0 Å². The number of halogens is 1. The molecule has 0 amide bonds. The maximum atomic E-state index is 13.9. The van der Waals surface area contributed by atoms with E-state index in [2.05, 4.69) is 0 Å². The van der Waals surface area contributed by atoms with E-state index >= 15 is 0 Å². The molecule has 1 saturated heterocycles. The van der Waals surface area contributed by atoms with Gasteiger partial charge in [0.05, 0.1) is 6.26 Å². The van der Waals surface area contributed by atoms with Crippen molar-refractivity contribution in [3.63, 3.8) is 0 Å². The SMILES string of the molecule is C[C@@H](N)c1c(F)cccc1N1CCN(S(C)(=O)=O)CC1. The van der Waals surface area contributed by atoms with Crippen LogP contribution in [0.4, 0.5) is 10.1 Å². The van der Waals surface area contributed by atoms with E-state index in [0.717, 1.165) is 5.69 Å². The van der Waals surface area contributed by atoms with Crippen molar-refractivity contribution in [2.24, 2.45) is 5.73 Å². The molecule has 7 heteroatoms. The molecule has 0 aliphatic carbocycles. The first-order chi connectivity index (χ1) is 9.30. The number of anilines is 1. The van der Waals surface area contributed by atoms with Crippen LogP contribution in [-0.2, 0) is 10.0 Å². The monoisotopic (exact) mass is 301 g/mol. The number of sulfonamides is 1. The normalized spacial score (nSPS) is 19.1. The molecule has 20 heavy (non-hydrogen) atoms. The fourth-order valence-electron chi connectivity index (χ4n) is 2.51. The minimum Gasteiger partial charge on any atom is -0.369 e. The standard InChI is InChI=1S/C13H20FN3O2S/c1-10(15)13-11(14)4-3-5-12(13)16-6-8-17(9-7-16)20(2,18)19/h3-5,10H,6-9,15H2,1-2H3/t10-/m1/s1. The van der Waals surface area contributed by atoms with Gasteiger partial charge in [-0.3, -0.25) is 0 Å². The van der Waals surface area contributed by atoms with Crippen LogP contribution >= 0.6 is 0 Å². The third-order valence-corrected chi connectivity index (χ3v) is 4.84. The lowest BCUT2D eigenvalue weighted by Gasteiger charge is -2.36. The van der Waals surface area contributed by atoms with E-state index in [9.17, 15) is 12.8 Å². The van der Waals surface area contributed by atoms with E-state index in [1.165, 1.54) is 16.6 Å². The van der Waals surface area contributed by atoms with Gasteiger partial charge in [0, 0.05) is 43.5 Å². The van der Waals surface area contributed by atoms with Gasteiger partial charge in [0.25, 0.3) is 0 Å². The lowest BCUT2D eigenvalue weighted by atomic mass is 10.0. The molecule has 1 atom stereocenters. The first-order valence-corrected chi connectivity index (χ1v) is 8.39. The van der Waals surface area contributed by atoms with Gasteiger partial charge in [-0.25, -0.2) is 12.8 Å². The number of piperazine rings is 1. The Bertz CT molecular complexity index is 581. The van der Waals surface area contributed by atoms with Crippen LogP contribution in [0.5, 0.6) is 0 Å². The second kappa shape index (κ2) is 5.67. The summed E-state index contributed by atoms with van der Waals surface area (Å²) in [7, 11) is -3.16. The van der Waals surface area contributed by atoms with E-state index < -0.39 is 16.1 Å². The molecule has 2 rings (SSSR count). The van der Waals surface area contributed by atoms with E-state index in [1.54, 1.807) is 13.0 Å². The summed E-state index contributed by atoms with van der Waals surface area (Å²) in [6.07, 6.45) is 1.21. The maximum Gasteiger partial charge on any atom is 0.211 e. The number of rotatable bonds is 3. The molecule has 1 aromatic carbocycles. The molecule has 0 saturated carbocycles. The number of benzene rings is 1. The van der Waals surface area contributed by atoms with Crippen molar-refractivity contribution in [1.82, 2.24) is 4.31 Å².